The van der Waals surface area contributed by atoms with Crippen LogP contribution in [0.25, 0.3) is 11.0 Å². The largest absolute Gasteiger partial charge is 0.330 e. The summed E-state index contributed by atoms with van der Waals surface area (Å²) < 4.78 is 15.5. The summed E-state index contributed by atoms with van der Waals surface area (Å²) >= 11 is 10.8. The van der Waals surface area contributed by atoms with Gasteiger partial charge < -0.3 is 9.55 Å². The van der Waals surface area contributed by atoms with Crippen LogP contribution in [0.5, 0.6) is 0 Å². The maximum absolute atomic E-state index is 13.2. The van der Waals surface area contributed by atoms with Gasteiger partial charge >= 0.3 is 0 Å². The zero-order valence-corrected chi connectivity index (χ0v) is 9.33. The molecule has 15 heavy (non-hydrogen) atoms. The second-order valence-electron chi connectivity index (χ2n) is 3.11. The van der Waals surface area contributed by atoms with E-state index in [1.807, 2.05) is 4.57 Å². The van der Waals surface area contributed by atoms with Gasteiger partial charge in [0.15, 0.2) is 4.77 Å². The minimum absolute atomic E-state index is 0.0920. The molecule has 2 rings (SSSR count). The predicted octanol–water partition coefficient (Wildman–Crippen LogP) is 3.68. The van der Waals surface area contributed by atoms with Crippen LogP contribution in [0.4, 0.5) is 4.39 Å². The highest BCUT2D eigenvalue weighted by atomic mass is 35.5. The fraction of sp³-hybridized carbons (Fsp3) is 0.100. The zero-order chi connectivity index (χ0) is 11.0. The quantitative estimate of drug-likeness (QED) is 0.629. The Morgan fingerprint density at radius 1 is 1.60 bits per heavy atom. The molecule has 2 aromatic rings. The van der Waals surface area contributed by atoms with E-state index in [1.54, 1.807) is 12.1 Å². The lowest BCUT2D eigenvalue weighted by molar-refractivity contribution is 0.629. The Kier molecular flexibility index (Phi) is 2.63. The van der Waals surface area contributed by atoms with E-state index in [0.717, 1.165) is 5.52 Å². The van der Waals surface area contributed by atoms with Crippen LogP contribution >= 0.6 is 23.8 Å². The third-order valence-corrected chi connectivity index (χ3v) is 2.74. The minimum atomic E-state index is -0.453. The summed E-state index contributed by atoms with van der Waals surface area (Å²) in [5, 5.41) is 0.0920. The van der Waals surface area contributed by atoms with Crippen molar-refractivity contribution in [2.75, 3.05) is 0 Å². The van der Waals surface area contributed by atoms with E-state index in [0.29, 0.717) is 16.8 Å². The highest BCUT2D eigenvalue weighted by molar-refractivity contribution is 7.71. The molecule has 1 N–H and O–H groups in total. The number of imidazole rings is 1. The van der Waals surface area contributed by atoms with Crippen molar-refractivity contribution in [2.24, 2.45) is 0 Å². The summed E-state index contributed by atoms with van der Waals surface area (Å²) in [6, 6.07) is 2.90. The summed E-state index contributed by atoms with van der Waals surface area (Å²) in [5.74, 6) is -0.453. The van der Waals surface area contributed by atoms with E-state index in [4.69, 9.17) is 23.8 Å². The molecular formula is C10H8ClFN2S. The van der Waals surface area contributed by atoms with Gasteiger partial charge in [-0.1, -0.05) is 17.7 Å². The molecule has 2 nitrogen and oxygen atoms in total. The summed E-state index contributed by atoms with van der Waals surface area (Å²) in [7, 11) is 0. The molecule has 5 heteroatoms. The average molecular weight is 243 g/mol. The number of nitrogens with one attached hydrogen (secondary N) is 1. The number of allylic oxidation sites excluding steroid dienone is 1. The van der Waals surface area contributed by atoms with Gasteiger partial charge in [0.2, 0.25) is 0 Å². The Hall–Kier alpha value is -1.13. The zero-order valence-electron chi connectivity index (χ0n) is 7.76. The number of rotatable bonds is 2. The van der Waals surface area contributed by atoms with E-state index >= 15 is 0 Å². The van der Waals surface area contributed by atoms with Crippen molar-refractivity contribution in [3.63, 3.8) is 0 Å². The second-order valence-corrected chi connectivity index (χ2v) is 3.91. The topological polar surface area (TPSA) is 20.7 Å². The highest BCUT2D eigenvalue weighted by Crippen LogP contribution is 2.22. The summed E-state index contributed by atoms with van der Waals surface area (Å²) in [6.45, 7) is 4.21. The molecule has 0 atom stereocenters. The van der Waals surface area contributed by atoms with Crippen molar-refractivity contribution in [1.29, 1.82) is 0 Å². The van der Waals surface area contributed by atoms with Gasteiger partial charge in [0, 0.05) is 12.6 Å². The van der Waals surface area contributed by atoms with Gasteiger partial charge in [0.1, 0.15) is 5.82 Å². The molecule has 0 unspecified atom stereocenters. The molecule has 0 amide bonds. The van der Waals surface area contributed by atoms with Gasteiger partial charge in [-0.25, -0.2) is 4.39 Å². The first-order chi connectivity index (χ1) is 7.13. The van der Waals surface area contributed by atoms with Gasteiger partial charge in [0.25, 0.3) is 0 Å². The molecule has 0 fully saturated rings. The predicted molar refractivity (Wildman–Crippen MR) is 62.3 cm³/mol. The monoisotopic (exact) mass is 242 g/mol. The fourth-order valence-electron chi connectivity index (χ4n) is 1.46. The molecule has 0 saturated carbocycles. The summed E-state index contributed by atoms with van der Waals surface area (Å²) in [6.07, 6.45) is 1.72. The number of benzene rings is 1. The first kappa shape index (κ1) is 10.4. The third-order valence-electron chi connectivity index (χ3n) is 2.13. The van der Waals surface area contributed by atoms with Crippen LogP contribution < -0.4 is 0 Å². The number of aromatic amines is 1. The molecule has 1 aromatic heterocycles. The number of fused-ring (bicyclic) bond motifs is 1. The van der Waals surface area contributed by atoms with Gasteiger partial charge in [0.05, 0.1) is 16.1 Å². The fourth-order valence-corrected chi connectivity index (χ4v) is 1.90. The number of H-pyrrole nitrogens is 1. The maximum atomic E-state index is 13.2. The van der Waals surface area contributed by atoms with Crippen molar-refractivity contribution in [1.82, 2.24) is 9.55 Å². The molecule has 1 heterocycles. The molecule has 0 radical (unpaired) electrons. The number of nitrogens with zero attached hydrogens (tertiary/aromatic N) is 1. The second kappa shape index (κ2) is 3.79. The minimum Gasteiger partial charge on any atom is -0.330 e. The molecule has 0 saturated heterocycles. The van der Waals surface area contributed by atoms with Crippen molar-refractivity contribution in [3.05, 3.63) is 40.4 Å². The molecule has 0 aliphatic rings. The van der Waals surface area contributed by atoms with E-state index in [2.05, 4.69) is 11.6 Å². The lowest BCUT2D eigenvalue weighted by Gasteiger charge is -2.00. The van der Waals surface area contributed by atoms with Crippen LogP contribution in [0.2, 0.25) is 5.02 Å². The van der Waals surface area contributed by atoms with E-state index in [9.17, 15) is 4.39 Å². The third kappa shape index (κ3) is 1.70. The molecule has 1 aromatic carbocycles. The Morgan fingerprint density at radius 3 is 3.00 bits per heavy atom. The molecule has 0 aliphatic heterocycles. The molecule has 78 valence electrons. The highest BCUT2D eigenvalue weighted by Gasteiger charge is 2.07. The van der Waals surface area contributed by atoms with E-state index in [1.165, 1.54) is 6.07 Å². The first-order valence-corrected chi connectivity index (χ1v) is 5.10. The Morgan fingerprint density at radius 2 is 2.33 bits per heavy atom. The van der Waals surface area contributed by atoms with E-state index in [-0.39, 0.29) is 5.02 Å². The molecule has 0 aliphatic carbocycles. The number of aromatic nitrogens is 2. The van der Waals surface area contributed by atoms with Crippen LogP contribution in [0, 0.1) is 10.6 Å². The number of hydrogen-bond acceptors (Lipinski definition) is 1. The van der Waals surface area contributed by atoms with E-state index < -0.39 is 5.82 Å². The van der Waals surface area contributed by atoms with Crippen molar-refractivity contribution < 1.29 is 4.39 Å². The van der Waals surface area contributed by atoms with Crippen molar-refractivity contribution in [3.8, 4) is 0 Å². The maximum Gasteiger partial charge on any atom is 0.178 e. The number of halogens is 2. The lowest BCUT2D eigenvalue weighted by atomic mass is 10.3. The SMILES string of the molecule is C=CCn1c(=S)[nH]c2cc(F)c(Cl)cc21. The van der Waals surface area contributed by atoms with Crippen LogP contribution in [-0.2, 0) is 6.54 Å². The summed E-state index contributed by atoms with van der Waals surface area (Å²) in [5.41, 5.74) is 1.43. The lowest BCUT2D eigenvalue weighted by Crippen LogP contribution is -1.94. The van der Waals surface area contributed by atoms with Crippen LogP contribution in [0.3, 0.4) is 0 Å². The van der Waals surface area contributed by atoms with Crippen LogP contribution in [-0.4, -0.2) is 9.55 Å². The average Bonchev–Trinajstić information content (AvgIpc) is 2.46. The van der Waals surface area contributed by atoms with Crippen LogP contribution in [0.15, 0.2) is 24.8 Å². The Balaban J connectivity index is 2.81. The molecular weight excluding hydrogens is 235 g/mol. The van der Waals surface area contributed by atoms with Crippen molar-refractivity contribution in [2.45, 2.75) is 6.54 Å². The normalized spacial score (nSPS) is 10.8. The van der Waals surface area contributed by atoms with Crippen molar-refractivity contribution >= 4 is 34.9 Å². The smallest absolute Gasteiger partial charge is 0.178 e. The standard InChI is InChI=1S/C10H8ClFN2S/c1-2-3-14-9-4-6(11)7(12)5-8(9)13-10(14)15/h2,4-5H,1,3H2,(H,13,15). The van der Waals surface area contributed by atoms with Gasteiger partial charge in [-0.05, 0) is 18.3 Å². The Bertz CT molecular complexity index is 585. The Labute approximate surface area is 96.0 Å². The first-order valence-electron chi connectivity index (χ1n) is 4.32. The van der Waals surface area contributed by atoms with Crippen LogP contribution in [0.1, 0.15) is 0 Å². The van der Waals surface area contributed by atoms with Gasteiger partial charge in [-0.2, -0.15) is 0 Å². The van der Waals surface area contributed by atoms with Gasteiger partial charge in [-0.3, -0.25) is 0 Å². The summed E-state index contributed by atoms with van der Waals surface area (Å²) in [4.78, 5) is 2.91. The molecule has 0 spiro atoms. The number of hydrogen-bond donors (Lipinski definition) is 1. The van der Waals surface area contributed by atoms with Gasteiger partial charge in [-0.15, -0.1) is 6.58 Å². The molecule has 0 bridgehead atoms.